The van der Waals surface area contributed by atoms with Crippen LogP contribution in [0.5, 0.6) is 0 Å². The molecule has 1 amide bonds. The first-order valence-electron chi connectivity index (χ1n) is 9.17. The molecule has 1 atom stereocenters. The number of pyridine rings is 1. The monoisotopic (exact) mass is 357 g/mol. The first-order chi connectivity index (χ1) is 12.6. The van der Waals surface area contributed by atoms with Crippen molar-refractivity contribution in [1.82, 2.24) is 20.4 Å². The Morgan fingerprint density at radius 3 is 2.96 bits per heavy atom. The zero-order chi connectivity index (χ0) is 18.5. The molecule has 0 spiro atoms. The highest BCUT2D eigenvalue weighted by Gasteiger charge is 2.24. The summed E-state index contributed by atoms with van der Waals surface area (Å²) in [5.41, 5.74) is 1.46. The van der Waals surface area contributed by atoms with Gasteiger partial charge in [0, 0.05) is 31.9 Å². The molecule has 0 saturated carbocycles. The SMILES string of the molecule is CCCc1cc(CNC(=O)c2ccc(N(C)[C@H]3CCN(C)C3)nc2)on1. The van der Waals surface area contributed by atoms with Crippen molar-refractivity contribution in [3.05, 3.63) is 41.4 Å². The van der Waals surface area contributed by atoms with Gasteiger partial charge in [-0.25, -0.2) is 4.98 Å². The van der Waals surface area contributed by atoms with E-state index in [4.69, 9.17) is 4.52 Å². The van der Waals surface area contributed by atoms with E-state index >= 15 is 0 Å². The second kappa shape index (κ2) is 8.31. The summed E-state index contributed by atoms with van der Waals surface area (Å²) in [6.07, 6.45) is 4.66. The average molecular weight is 357 g/mol. The highest BCUT2D eigenvalue weighted by Crippen LogP contribution is 2.19. The lowest BCUT2D eigenvalue weighted by Gasteiger charge is -2.25. The van der Waals surface area contributed by atoms with Gasteiger partial charge in [0.1, 0.15) is 5.82 Å². The number of hydrogen-bond donors (Lipinski definition) is 1. The van der Waals surface area contributed by atoms with Crippen molar-refractivity contribution in [2.75, 3.05) is 32.1 Å². The molecule has 1 aliphatic rings. The molecule has 1 N–H and O–H groups in total. The van der Waals surface area contributed by atoms with Crippen molar-refractivity contribution < 1.29 is 9.32 Å². The lowest BCUT2D eigenvalue weighted by molar-refractivity contribution is 0.0946. The van der Waals surface area contributed by atoms with E-state index in [0.717, 1.165) is 43.9 Å². The molecule has 140 valence electrons. The van der Waals surface area contributed by atoms with Gasteiger partial charge in [0.2, 0.25) is 0 Å². The summed E-state index contributed by atoms with van der Waals surface area (Å²) in [6.45, 7) is 4.57. The molecule has 2 aromatic rings. The number of likely N-dealkylation sites (N-methyl/N-ethyl adjacent to an activating group) is 2. The van der Waals surface area contributed by atoms with Crippen LogP contribution in [0.2, 0.25) is 0 Å². The maximum absolute atomic E-state index is 12.3. The number of carbonyl (C=O) groups is 1. The molecular weight excluding hydrogens is 330 g/mol. The van der Waals surface area contributed by atoms with Crippen LogP contribution in [-0.2, 0) is 13.0 Å². The largest absolute Gasteiger partial charge is 0.359 e. The van der Waals surface area contributed by atoms with E-state index in [1.54, 1.807) is 6.20 Å². The Morgan fingerprint density at radius 1 is 1.46 bits per heavy atom. The average Bonchev–Trinajstić information content (AvgIpc) is 3.28. The molecule has 0 radical (unpaired) electrons. The van der Waals surface area contributed by atoms with Crippen LogP contribution >= 0.6 is 0 Å². The van der Waals surface area contributed by atoms with Crippen LogP contribution in [0.3, 0.4) is 0 Å². The number of hydrogen-bond acceptors (Lipinski definition) is 6. The number of anilines is 1. The molecular formula is C19H27N5O2. The molecule has 2 aromatic heterocycles. The number of aryl methyl sites for hydroxylation is 1. The van der Waals surface area contributed by atoms with Crippen LogP contribution in [0, 0.1) is 0 Å². The quantitative estimate of drug-likeness (QED) is 0.818. The molecule has 26 heavy (non-hydrogen) atoms. The third kappa shape index (κ3) is 4.40. The van der Waals surface area contributed by atoms with Crippen LogP contribution in [-0.4, -0.2) is 54.2 Å². The Hall–Kier alpha value is -2.41. The van der Waals surface area contributed by atoms with Crippen molar-refractivity contribution in [2.24, 2.45) is 0 Å². The van der Waals surface area contributed by atoms with Crippen molar-refractivity contribution in [3.63, 3.8) is 0 Å². The maximum Gasteiger partial charge on any atom is 0.253 e. The third-order valence-corrected chi connectivity index (χ3v) is 4.82. The molecule has 1 aliphatic heterocycles. The van der Waals surface area contributed by atoms with E-state index in [-0.39, 0.29) is 5.91 Å². The highest BCUT2D eigenvalue weighted by atomic mass is 16.5. The zero-order valence-corrected chi connectivity index (χ0v) is 15.7. The van der Waals surface area contributed by atoms with E-state index in [1.807, 2.05) is 18.2 Å². The van der Waals surface area contributed by atoms with Crippen LogP contribution < -0.4 is 10.2 Å². The Bertz CT molecular complexity index is 728. The number of carbonyl (C=O) groups excluding carboxylic acids is 1. The zero-order valence-electron chi connectivity index (χ0n) is 15.7. The lowest BCUT2D eigenvalue weighted by atomic mass is 10.2. The van der Waals surface area contributed by atoms with Crippen molar-refractivity contribution in [2.45, 2.75) is 38.8 Å². The minimum Gasteiger partial charge on any atom is -0.359 e. The van der Waals surface area contributed by atoms with E-state index < -0.39 is 0 Å². The van der Waals surface area contributed by atoms with Gasteiger partial charge < -0.3 is 19.6 Å². The minimum atomic E-state index is -0.166. The fourth-order valence-corrected chi connectivity index (χ4v) is 3.23. The number of amides is 1. The molecule has 1 saturated heterocycles. The van der Waals surface area contributed by atoms with Gasteiger partial charge in [0.05, 0.1) is 17.8 Å². The Labute approximate surface area is 154 Å². The van der Waals surface area contributed by atoms with Crippen LogP contribution in [0.25, 0.3) is 0 Å². The summed E-state index contributed by atoms with van der Waals surface area (Å²) >= 11 is 0. The number of aromatic nitrogens is 2. The van der Waals surface area contributed by atoms with Crippen LogP contribution in [0.15, 0.2) is 28.9 Å². The standard InChI is InChI=1S/C19H27N5O2/c1-4-5-15-10-17(26-22-15)12-21-19(25)14-6-7-18(20-11-14)24(3)16-8-9-23(2)13-16/h6-7,10-11,16H,4-5,8-9,12-13H2,1-3H3,(H,21,25)/t16-/m0/s1. The van der Waals surface area contributed by atoms with Gasteiger partial charge in [-0.3, -0.25) is 4.79 Å². The van der Waals surface area contributed by atoms with Gasteiger partial charge >= 0.3 is 0 Å². The fraction of sp³-hybridized carbons (Fsp3) is 0.526. The van der Waals surface area contributed by atoms with Gasteiger partial charge in [-0.1, -0.05) is 18.5 Å². The Kier molecular flexibility index (Phi) is 5.88. The molecule has 3 rings (SSSR count). The number of rotatable bonds is 7. The van der Waals surface area contributed by atoms with Gasteiger partial charge in [0.15, 0.2) is 5.76 Å². The molecule has 0 aromatic carbocycles. The summed E-state index contributed by atoms with van der Waals surface area (Å²) in [4.78, 5) is 21.3. The number of likely N-dealkylation sites (tertiary alicyclic amines) is 1. The lowest BCUT2D eigenvalue weighted by Crippen LogP contribution is -2.34. The van der Waals surface area contributed by atoms with Gasteiger partial charge in [-0.05, 0) is 38.6 Å². The maximum atomic E-state index is 12.3. The highest BCUT2D eigenvalue weighted by molar-refractivity contribution is 5.93. The Balaban J connectivity index is 1.54. The summed E-state index contributed by atoms with van der Waals surface area (Å²) in [5.74, 6) is 1.39. The van der Waals surface area contributed by atoms with E-state index in [9.17, 15) is 4.79 Å². The van der Waals surface area contributed by atoms with Crippen LogP contribution in [0.4, 0.5) is 5.82 Å². The summed E-state index contributed by atoms with van der Waals surface area (Å²) in [6, 6.07) is 6.08. The van der Waals surface area contributed by atoms with Crippen LogP contribution in [0.1, 0.15) is 41.6 Å². The predicted octanol–water partition coefficient (Wildman–Crippen LogP) is 2.09. The number of nitrogens with one attached hydrogen (secondary N) is 1. The van der Waals surface area contributed by atoms with Gasteiger partial charge in [-0.2, -0.15) is 0 Å². The first kappa shape index (κ1) is 18.4. The molecule has 7 nitrogen and oxygen atoms in total. The van der Waals surface area contributed by atoms with Gasteiger partial charge in [0.25, 0.3) is 5.91 Å². The smallest absolute Gasteiger partial charge is 0.253 e. The molecule has 0 unspecified atom stereocenters. The van der Waals surface area contributed by atoms with Gasteiger partial charge in [-0.15, -0.1) is 0 Å². The molecule has 0 aliphatic carbocycles. The van der Waals surface area contributed by atoms with E-state index in [2.05, 4.69) is 46.3 Å². The molecule has 1 fully saturated rings. The molecule has 0 bridgehead atoms. The normalized spacial score (nSPS) is 17.4. The van der Waals surface area contributed by atoms with Crippen molar-refractivity contribution in [1.29, 1.82) is 0 Å². The summed E-state index contributed by atoms with van der Waals surface area (Å²) in [7, 11) is 4.19. The summed E-state index contributed by atoms with van der Waals surface area (Å²) in [5, 5.41) is 6.83. The second-order valence-corrected chi connectivity index (χ2v) is 6.94. The first-order valence-corrected chi connectivity index (χ1v) is 9.17. The summed E-state index contributed by atoms with van der Waals surface area (Å²) < 4.78 is 5.23. The third-order valence-electron chi connectivity index (χ3n) is 4.82. The molecule has 3 heterocycles. The minimum absolute atomic E-state index is 0.166. The van der Waals surface area contributed by atoms with E-state index in [0.29, 0.717) is 23.9 Å². The van der Waals surface area contributed by atoms with E-state index in [1.165, 1.54) is 0 Å². The predicted molar refractivity (Wildman–Crippen MR) is 100 cm³/mol. The topological polar surface area (TPSA) is 74.5 Å². The number of nitrogens with zero attached hydrogens (tertiary/aromatic N) is 4. The fourth-order valence-electron chi connectivity index (χ4n) is 3.23. The molecule has 7 heteroatoms. The van der Waals surface area contributed by atoms with Crippen molar-refractivity contribution >= 4 is 11.7 Å². The second-order valence-electron chi connectivity index (χ2n) is 6.94. The Morgan fingerprint density at radius 2 is 2.31 bits per heavy atom. The van der Waals surface area contributed by atoms with Crippen molar-refractivity contribution in [3.8, 4) is 0 Å².